The Labute approximate surface area is 738 Å². The van der Waals surface area contributed by atoms with Gasteiger partial charge in [0.1, 0.15) is 23.0 Å². The number of benzene rings is 5. The summed E-state index contributed by atoms with van der Waals surface area (Å²) in [5.41, 5.74) is 17.0. The second-order valence-corrected chi connectivity index (χ2v) is 34.3. The van der Waals surface area contributed by atoms with Crippen LogP contribution in [0.15, 0.2) is 267 Å². The minimum atomic E-state index is -1.00. The lowest BCUT2D eigenvalue weighted by Crippen LogP contribution is -2.13. The van der Waals surface area contributed by atoms with Crippen LogP contribution in [0.2, 0.25) is 0 Å². The van der Waals surface area contributed by atoms with Crippen LogP contribution in [0.25, 0.3) is 22.3 Å². The monoisotopic (exact) mass is 1650 g/mol. The van der Waals surface area contributed by atoms with Crippen molar-refractivity contribution in [3.63, 3.8) is 0 Å². The summed E-state index contributed by atoms with van der Waals surface area (Å²) in [5.74, 6) is 1.85. The van der Waals surface area contributed by atoms with Gasteiger partial charge in [0.05, 0.1) is 88.8 Å². The molecule has 12 heteroatoms. The SMILES string of the molecule is CCCCCCCCCCCCOc1cccc(OCCCCCCCCCCCC)c1C1=C2C=CC(=N2)C(c2ccc(C(=O)O)cc2)=C2C=CC(=N2)C(c2c(OCCCCCCCCCCCC)cccc2OCCCCCCCCCCCC)=C2C=CC(=N2)C(c2ccc(CN3C=CC(=C4C=CN(Cc5ccccc5)C=C4)C=C3)cc2)=C2C=CC1=N2. The van der Waals surface area contributed by atoms with Crippen LogP contribution in [0, 0.1) is 0 Å². The first kappa shape index (κ1) is 91.9. The molecule has 0 spiro atoms. The summed E-state index contributed by atoms with van der Waals surface area (Å²) in [6.45, 7) is 12.8. The highest BCUT2D eigenvalue weighted by Crippen LogP contribution is 2.46. The van der Waals surface area contributed by atoms with Crippen molar-refractivity contribution < 1.29 is 28.8 Å². The predicted octanol–water partition coefficient (Wildman–Crippen LogP) is 30.3. The summed E-state index contributed by atoms with van der Waals surface area (Å²) in [6, 6.07) is 39.1. The number of aliphatic imine (C=N–C) groups is 4. The molecule has 5 aromatic carbocycles. The van der Waals surface area contributed by atoms with Gasteiger partial charge in [-0.15, -0.1) is 0 Å². The Morgan fingerprint density at radius 1 is 0.276 bits per heavy atom. The Morgan fingerprint density at radius 3 is 0.829 bits per heavy atom. The van der Waals surface area contributed by atoms with Crippen molar-refractivity contribution in [1.29, 1.82) is 0 Å². The van der Waals surface area contributed by atoms with Gasteiger partial charge >= 0.3 is 5.97 Å². The number of allylic oxidation sites excluding steroid dienone is 18. The normalized spacial score (nSPS) is 15.2. The number of fused-ring (bicyclic) bond motifs is 4. The van der Waals surface area contributed by atoms with Gasteiger partial charge < -0.3 is 33.9 Å². The third-order valence-corrected chi connectivity index (χ3v) is 24.5. The van der Waals surface area contributed by atoms with Crippen LogP contribution in [0.3, 0.4) is 0 Å². The number of hydrogen-bond acceptors (Lipinski definition) is 11. The average Bonchev–Trinajstić information content (AvgIpc) is 1.59. The van der Waals surface area contributed by atoms with Crippen molar-refractivity contribution in [2.24, 2.45) is 20.0 Å². The van der Waals surface area contributed by atoms with E-state index < -0.39 is 5.97 Å². The van der Waals surface area contributed by atoms with E-state index in [1.807, 2.05) is 12.1 Å². The zero-order chi connectivity index (χ0) is 85.1. The lowest BCUT2D eigenvalue weighted by Gasteiger charge is -2.22. The van der Waals surface area contributed by atoms with Gasteiger partial charge in [-0.2, -0.15) is 0 Å². The summed E-state index contributed by atoms with van der Waals surface area (Å²) in [6.07, 6.45) is 83.3. The molecule has 7 aliphatic heterocycles. The highest BCUT2D eigenvalue weighted by molar-refractivity contribution is 6.40. The van der Waals surface area contributed by atoms with Crippen LogP contribution in [-0.2, 0) is 13.1 Å². The molecule has 0 aliphatic carbocycles. The number of carbonyl (C=O) groups is 1. The van der Waals surface area contributed by atoms with E-state index in [4.69, 9.17) is 38.9 Å². The number of unbranched alkanes of at least 4 members (excludes halogenated alkanes) is 36. The van der Waals surface area contributed by atoms with E-state index in [1.165, 1.54) is 217 Å². The van der Waals surface area contributed by atoms with Gasteiger partial charge in [0, 0.05) is 60.2 Å². The maximum Gasteiger partial charge on any atom is 0.335 e. The van der Waals surface area contributed by atoms with Gasteiger partial charge in [0.25, 0.3) is 0 Å². The Kier molecular flexibility index (Phi) is 38.6. The molecule has 0 unspecified atom stereocenters. The molecule has 0 saturated carbocycles. The first-order valence-electron chi connectivity index (χ1n) is 48.1. The molecule has 0 amide bonds. The molecular weight excluding hydrogens is 1510 g/mol. The molecule has 0 aromatic heterocycles. The molecule has 0 radical (unpaired) electrons. The molecule has 0 atom stereocenters. The van der Waals surface area contributed by atoms with Crippen LogP contribution < -0.4 is 18.9 Å². The van der Waals surface area contributed by atoms with Gasteiger partial charge in [0.2, 0.25) is 0 Å². The Hall–Kier alpha value is -10.3. The highest BCUT2D eigenvalue weighted by Gasteiger charge is 2.33. The first-order valence-corrected chi connectivity index (χ1v) is 48.1. The van der Waals surface area contributed by atoms with Gasteiger partial charge in [-0.3, -0.25) is 0 Å². The van der Waals surface area contributed by atoms with E-state index in [9.17, 15) is 9.90 Å². The lowest BCUT2D eigenvalue weighted by molar-refractivity contribution is 0.0696. The topological polar surface area (TPSA) is 130 Å². The number of rotatable bonds is 57. The summed E-state index contributed by atoms with van der Waals surface area (Å²) in [7, 11) is 0. The zero-order valence-corrected chi connectivity index (χ0v) is 74.9. The fraction of sp³-hybridized carbons (Fsp3) is 0.450. The lowest BCUT2D eigenvalue weighted by atomic mass is 9.96. The number of carboxylic acid groups (broad SMARTS) is 1. The van der Waals surface area contributed by atoms with E-state index >= 15 is 0 Å². The molecule has 7 aliphatic rings. The molecule has 0 saturated heterocycles. The Bertz CT molecular complexity index is 4570. The van der Waals surface area contributed by atoms with E-state index in [-0.39, 0.29) is 5.56 Å². The van der Waals surface area contributed by atoms with Crippen molar-refractivity contribution in [1.82, 2.24) is 9.80 Å². The first-order chi connectivity index (χ1) is 60.8. The van der Waals surface area contributed by atoms with Crippen LogP contribution in [-0.4, -0.2) is 70.1 Å². The third kappa shape index (κ3) is 28.3. The van der Waals surface area contributed by atoms with Crippen molar-refractivity contribution in [2.75, 3.05) is 26.4 Å². The van der Waals surface area contributed by atoms with Crippen molar-refractivity contribution in [2.45, 2.75) is 298 Å². The zero-order valence-electron chi connectivity index (χ0n) is 74.9. The molecule has 123 heavy (non-hydrogen) atoms. The van der Waals surface area contributed by atoms with E-state index in [1.54, 1.807) is 12.1 Å². The summed E-state index contributed by atoms with van der Waals surface area (Å²) in [5, 5.41) is 10.4. The third-order valence-electron chi connectivity index (χ3n) is 24.5. The highest BCUT2D eigenvalue weighted by atomic mass is 16.5. The summed E-state index contributed by atoms with van der Waals surface area (Å²) >= 11 is 0. The maximum absolute atomic E-state index is 12.7. The van der Waals surface area contributed by atoms with Gasteiger partial charge in [-0.25, -0.2) is 24.8 Å². The standard InChI is InChI=1S/C111H140N6O6/c1-5-9-13-17-21-25-29-33-37-44-80-120-101-52-48-53-102(121-81-45-38-34-30-26-22-18-14-10-6-2)109(101)107-97-68-64-93(112-97)105(90-58-56-87(57-59-90)85-117-78-74-89(75-79-117)88-72-76-116(77-73-88)84-86-50-42-41-43-51-86)94-65-69-98(113-94)108(100-71-67-96(115-100)106(95-66-70-99(107)114-95)91-60-62-92(63-61-91)111(118)119)110-103(122-82-46-39-35-31-27-23-19-15-11-7-3)54-49-55-104(110)123-83-47-40-36-32-28-24-20-16-12-8-4/h41-43,48-79H,5-40,44-47,80-85H2,1-4H3,(H,118,119). The molecule has 12 rings (SSSR count). The van der Waals surface area contributed by atoms with Gasteiger partial charge in [-0.05, 0) is 168 Å². The van der Waals surface area contributed by atoms with E-state index in [2.05, 4.69) is 226 Å². The summed E-state index contributed by atoms with van der Waals surface area (Å²) in [4.78, 5) is 40.4. The van der Waals surface area contributed by atoms with E-state index in [0.717, 1.165) is 125 Å². The maximum atomic E-state index is 12.7. The van der Waals surface area contributed by atoms with Crippen LogP contribution >= 0.6 is 0 Å². The summed E-state index contributed by atoms with van der Waals surface area (Å²) < 4.78 is 28.5. The number of hydrogen-bond donors (Lipinski definition) is 1. The molecule has 12 nitrogen and oxygen atoms in total. The molecular formula is C111H140N6O6. The van der Waals surface area contributed by atoms with Crippen LogP contribution in [0.5, 0.6) is 23.0 Å². The fourth-order valence-corrected chi connectivity index (χ4v) is 17.3. The van der Waals surface area contributed by atoms with E-state index in [0.29, 0.717) is 90.2 Å². The second-order valence-electron chi connectivity index (χ2n) is 34.3. The van der Waals surface area contributed by atoms with Crippen molar-refractivity contribution in [3.05, 3.63) is 286 Å². The largest absolute Gasteiger partial charge is 0.493 e. The predicted molar refractivity (Wildman–Crippen MR) is 517 cm³/mol. The van der Waals surface area contributed by atoms with Crippen LogP contribution in [0.4, 0.5) is 0 Å². The van der Waals surface area contributed by atoms with Crippen molar-refractivity contribution in [3.8, 4) is 23.0 Å². The van der Waals surface area contributed by atoms with Crippen LogP contribution in [0.1, 0.15) is 328 Å². The number of ether oxygens (including phenoxy) is 4. The average molecular weight is 1650 g/mol. The number of aromatic carboxylic acids is 1. The second kappa shape index (κ2) is 51.7. The smallest absolute Gasteiger partial charge is 0.335 e. The number of nitrogens with zero attached hydrogens (tertiary/aromatic N) is 6. The molecule has 5 aromatic rings. The van der Waals surface area contributed by atoms with Crippen molar-refractivity contribution >= 4 is 51.1 Å². The Morgan fingerprint density at radius 2 is 0.537 bits per heavy atom. The molecule has 8 bridgehead atoms. The molecule has 0 fully saturated rings. The minimum Gasteiger partial charge on any atom is -0.493 e. The van der Waals surface area contributed by atoms with Gasteiger partial charge in [0.15, 0.2) is 0 Å². The number of carboxylic acids is 1. The molecule has 7 heterocycles. The Balaban J connectivity index is 0.955. The fourth-order valence-electron chi connectivity index (χ4n) is 17.3. The molecule has 1 N–H and O–H groups in total. The minimum absolute atomic E-state index is 0.186. The molecule has 650 valence electrons. The van der Waals surface area contributed by atoms with Gasteiger partial charge in [-0.1, -0.05) is 338 Å². The quantitative estimate of drug-likeness (QED) is 0.0381.